The van der Waals surface area contributed by atoms with Crippen LogP contribution in [0, 0.1) is 6.92 Å². The van der Waals surface area contributed by atoms with E-state index in [4.69, 9.17) is 5.73 Å². The fourth-order valence-corrected chi connectivity index (χ4v) is 1.14. The number of hydrogen-bond donors (Lipinski definition) is 2. The van der Waals surface area contributed by atoms with Gasteiger partial charge in [0.2, 0.25) is 5.91 Å². The van der Waals surface area contributed by atoms with E-state index in [1.807, 2.05) is 17.7 Å². The molecular formula is C9H16N4O. The van der Waals surface area contributed by atoms with Crippen LogP contribution in [0.4, 0.5) is 0 Å². The standard InChI is InChI=1S/C9H16N4O/c1-7(9(10)14)11-3-5-13-6-4-12-8(13)2/h4,6-7,11H,3,5H2,1-2H3,(H2,10,14). The molecule has 1 aromatic rings. The Balaban J connectivity index is 2.29. The third kappa shape index (κ3) is 2.85. The number of nitrogens with zero attached hydrogens (tertiary/aromatic N) is 2. The van der Waals surface area contributed by atoms with E-state index in [-0.39, 0.29) is 11.9 Å². The molecule has 0 fully saturated rings. The van der Waals surface area contributed by atoms with Gasteiger partial charge in [-0.15, -0.1) is 0 Å². The number of aromatic nitrogens is 2. The van der Waals surface area contributed by atoms with Gasteiger partial charge in [0.15, 0.2) is 0 Å². The molecule has 1 aromatic heterocycles. The average Bonchev–Trinajstić information content (AvgIpc) is 2.51. The van der Waals surface area contributed by atoms with E-state index in [0.29, 0.717) is 6.54 Å². The fraction of sp³-hybridized carbons (Fsp3) is 0.556. The number of rotatable bonds is 5. The van der Waals surface area contributed by atoms with E-state index in [1.54, 1.807) is 13.1 Å². The number of primary amides is 1. The maximum absolute atomic E-state index is 10.7. The van der Waals surface area contributed by atoms with Crippen molar-refractivity contribution in [3.8, 4) is 0 Å². The lowest BCUT2D eigenvalue weighted by Gasteiger charge is -2.10. The molecule has 1 unspecified atom stereocenters. The molecular weight excluding hydrogens is 180 g/mol. The lowest BCUT2D eigenvalue weighted by molar-refractivity contribution is -0.119. The van der Waals surface area contributed by atoms with Crippen LogP contribution in [-0.2, 0) is 11.3 Å². The molecule has 14 heavy (non-hydrogen) atoms. The Morgan fingerprint density at radius 1 is 1.79 bits per heavy atom. The van der Waals surface area contributed by atoms with Crippen LogP contribution in [-0.4, -0.2) is 28.0 Å². The van der Waals surface area contributed by atoms with Crippen LogP contribution >= 0.6 is 0 Å². The lowest BCUT2D eigenvalue weighted by atomic mass is 10.3. The van der Waals surface area contributed by atoms with Crippen molar-refractivity contribution < 1.29 is 4.79 Å². The SMILES string of the molecule is Cc1nccn1CCNC(C)C(N)=O. The molecule has 3 N–H and O–H groups in total. The molecule has 0 saturated heterocycles. The number of carbonyl (C=O) groups is 1. The second-order valence-corrected chi connectivity index (χ2v) is 3.25. The number of nitrogens with one attached hydrogen (secondary N) is 1. The average molecular weight is 196 g/mol. The Labute approximate surface area is 83.3 Å². The van der Waals surface area contributed by atoms with Crippen LogP contribution in [0.15, 0.2) is 12.4 Å². The van der Waals surface area contributed by atoms with Crippen molar-refractivity contribution in [2.75, 3.05) is 6.54 Å². The first-order valence-corrected chi connectivity index (χ1v) is 4.61. The number of nitrogens with two attached hydrogens (primary N) is 1. The molecule has 0 saturated carbocycles. The number of hydrogen-bond acceptors (Lipinski definition) is 3. The molecule has 0 aliphatic rings. The largest absolute Gasteiger partial charge is 0.368 e. The Bertz CT molecular complexity index is 308. The summed E-state index contributed by atoms with van der Waals surface area (Å²) in [6.45, 7) is 5.20. The Kier molecular flexibility index (Phi) is 3.64. The predicted molar refractivity (Wildman–Crippen MR) is 53.6 cm³/mol. The zero-order valence-electron chi connectivity index (χ0n) is 8.53. The topological polar surface area (TPSA) is 72.9 Å². The Morgan fingerprint density at radius 2 is 2.50 bits per heavy atom. The quantitative estimate of drug-likeness (QED) is 0.676. The third-order valence-electron chi connectivity index (χ3n) is 2.15. The van der Waals surface area contributed by atoms with E-state index in [9.17, 15) is 4.79 Å². The first-order valence-electron chi connectivity index (χ1n) is 4.61. The summed E-state index contributed by atoms with van der Waals surface area (Å²) < 4.78 is 2.01. The number of imidazole rings is 1. The summed E-state index contributed by atoms with van der Waals surface area (Å²) in [4.78, 5) is 14.8. The van der Waals surface area contributed by atoms with Crippen LogP contribution in [0.2, 0.25) is 0 Å². The second kappa shape index (κ2) is 4.76. The lowest BCUT2D eigenvalue weighted by Crippen LogP contribution is -2.40. The number of carbonyl (C=O) groups excluding carboxylic acids is 1. The van der Waals surface area contributed by atoms with Crippen LogP contribution in [0.1, 0.15) is 12.7 Å². The maximum Gasteiger partial charge on any atom is 0.234 e. The van der Waals surface area contributed by atoms with E-state index < -0.39 is 0 Å². The van der Waals surface area contributed by atoms with E-state index in [0.717, 1.165) is 12.4 Å². The first-order chi connectivity index (χ1) is 6.61. The minimum atomic E-state index is -0.327. The van der Waals surface area contributed by atoms with Gasteiger partial charge >= 0.3 is 0 Å². The summed E-state index contributed by atoms with van der Waals surface area (Å²) in [5.41, 5.74) is 5.10. The highest BCUT2D eigenvalue weighted by Gasteiger charge is 2.06. The van der Waals surface area contributed by atoms with Crippen molar-refractivity contribution in [2.45, 2.75) is 26.4 Å². The van der Waals surface area contributed by atoms with Gasteiger partial charge in [-0.25, -0.2) is 4.98 Å². The summed E-state index contributed by atoms with van der Waals surface area (Å²) in [7, 11) is 0. The van der Waals surface area contributed by atoms with Crippen LogP contribution in [0.3, 0.4) is 0 Å². The van der Waals surface area contributed by atoms with Crippen molar-refractivity contribution in [3.05, 3.63) is 18.2 Å². The molecule has 1 atom stereocenters. The summed E-state index contributed by atoms with van der Waals surface area (Å²) in [5, 5.41) is 3.02. The zero-order valence-corrected chi connectivity index (χ0v) is 8.53. The van der Waals surface area contributed by atoms with Crippen molar-refractivity contribution in [1.29, 1.82) is 0 Å². The van der Waals surface area contributed by atoms with Crippen molar-refractivity contribution in [1.82, 2.24) is 14.9 Å². The summed E-state index contributed by atoms with van der Waals surface area (Å²) in [5.74, 6) is 0.644. The molecule has 0 aromatic carbocycles. The molecule has 0 aliphatic heterocycles. The van der Waals surface area contributed by atoms with E-state index in [2.05, 4.69) is 10.3 Å². The van der Waals surface area contributed by atoms with Crippen LogP contribution in [0.5, 0.6) is 0 Å². The van der Waals surface area contributed by atoms with E-state index >= 15 is 0 Å². The van der Waals surface area contributed by atoms with Crippen molar-refractivity contribution in [3.63, 3.8) is 0 Å². The smallest absolute Gasteiger partial charge is 0.234 e. The summed E-state index contributed by atoms with van der Waals surface area (Å²) in [6.07, 6.45) is 3.67. The molecule has 0 bridgehead atoms. The molecule has 0 spiro atoms. The fourth-order valence-electron chi connectivity index (χ4n) is 1.14. The molecule has 5 nitrogen and oxygen atoms in total. The summed E-state index contributed by atoms with van der Waals surface area (Å²) in [6, 6.07) is -0.279. The molecule has 0 aliphatic carbocycles. The maximum atomic E-state index is 10.7. The molecule has 5 heteroatoms. The van der Waals surface area contributed by atoms with Gasteiger partial charge in [-0.1, -0.05) is 0 Å². The molecule has 1 heterocycles. The minimum Gasteiger partial charge on any atom is -0.368 e. The van der Waals surface area contributed by atoms with Crippen molar-refractivity contribution >= 4 is 5.91 Å². The third-order valence-corrected chi connectivity index (χ3v) is 2.15. The highest BCUT2D eigenvalue weighted by Crippen LogP contribution is 1.93. The van der Waals surface area contributed by atoms with Gasteiger partial charge < -0.3 is 15.6 Å². The van der Waals surface area contributed by atoms with Crippen LogP contribution < -0.4 is 11.1 Å². The second-order valence-electron chi connectivity index (χ2n) is 3.25. The van der Waals surface area contributed by atoms with Gasteiger partial charge in [0.05, 0.1) is 6.04 Å². The summed E-state index contributed by atoms with van der Waals surface area (Å²) >= 11 is 0. The molecule has 1 amide bonds. The monoisotopic (exact) mass is 196 g/mol. The minimum absolute atomic E-state index is 0.279. The molecule has 0 radical (unpaired) electrons. The van der Waals surface area contributed by atoms with Gasteiger partial charge in [0.25, 0.3) is 0 Å². The highest BCUT2D eigenvalue weighted by molar-refractivity contribution is 5.79. The molecule has 78 valence electrons. The Morgan fingerprint density at radius 3 is 3.00 bits per heavy atom. The van der Waals surface area contributed by atoms with E-state index in [1.165, 1.54) is 0 Å². The van der Waals surface area contributed by atoms with Gasteiger partial charge in [-0.05, 0) is 13.8 Å². The Hall–Kier alpha value is -1.36. The van der Waals surface area contributed by atoms with Crippen molar-refractivity contribution in [2.24, 2.45) is 5.73 Å². The number of amides is 1. The first kappa shape index (κ1) is 10.7. The van der Waals surface area contributed by atoms with Gasteiger partial charge in [-0.3, -0.25) is 4.79 Å². The van der Waals surface area contributed by atoms with Gasteiger partial charge in [0, 0.05) is 25.5 Å². The highest BCUT2D eigenvalue weighted by atomic mass is 16.1. The normalized spacial score (nSPS) is 12.7. The predicted octanol–water partition coefficient (Wildman–Crippen LogP) is -0.345. The molecule has 1 rings (SSSR count). The zero-order chi connectivity index (χ0) is 10.6. The number of aryl methyl sites for hydroxylation is 1. The van der Waals surface area contributed by atoms with Crippen LogP contribution in [0.25, 0.3) is 0 Å². The van der Waals surface area contributed by atoms with Gasteiger partial charge in [0.1, 0.15) is 5.82 Å². The van der Waals surface area contributed by atoms with Gasteiger partial charge in [-0.2, -0.15) is 0 Å².